The Morgan fingerprint density at radius 1 is 1.33 bits per heavy atom. The van der Waals surface area contributed by atoms with Crippen LogP contribution in [0.1, 0.15) is 17.5 Å². The molecular formula is C13H18Cl2N4O2. The van der Waals surface area contributed by atoms with Crippen LogP contribution in [-0.2, 0) is 0 Å². The molecular weight excluding hydrogens is 315 g/mol. The molecule has 1 atom stereocenters. The summed E-state index contributed by atoms with van der Waals surface area (Å²) in [6, 6.07) is 7.26. The third-order valence-corrected chi connectivity index (χ3v) is 2.72. The lowest BCUT2D eigenvalue weighted by Crippen LogP contribution is -2.37. The Kier molecular flexibility index (Phi) is 8.61. The van der Waals surface area contributed by atoms with E-state index in [1.807, 2.05) is 32.2 Å². The van der Waals surface area contributed by atoms with Crippen molar-refractivity contribution >= 4 is 30.7 Å². The van der Waals surface area contributed by atoms with Gasteiger partial charge in [0.05, 0.1) is 5.69 Å². The van der Waals surface area contributed by atoms with Gasteiger partial charge in [-0.3, -0.25) is 9.78 Å². The van der Waals surface area contributed by atoms with E-state index in [1.165, 1.54) is 0 Å². The minimum atomic E-state index is -0.281. The number of nitrogens with one attached hydrogen (secondary N) is 2. The Morgan fingerprint density at radius 3 is 2.71 bits per heavy atom. The zero-order valence-electron chi connectivity index (χ0n) is 11.7. The number of hydrogen-bond donors (Lipinski definition) is 2. The molecule has 0 aliphatic carbocycles. The fraction of sp³-hybridized carbons (Fsp3) is 0.308. The first-order valence-electron chi connectivity index (χ1n) is 6.04. The van der Waals surface area contributed by atoms with Crippen molar-refractivity contribution in [2.24, 2.45) is 0 Å². The summed E-state index contributed by atoms with van der Waals surface area (Å²) >= 11 is 0. The molecule has 0 fully saturated rings. The molecule has 2 N–H and O–H groups in total. The summed E-state index contributed by atoms with van der Waals surface area (Å²) < 4.78 is 5.02. The second-order valence-corrected chi connectivity index (χ2v) is 4.19. The fourth-order valence-corrected chi connectivity index (χ4v) is 1.45. The summed E-state index contributed by atoms with van der Waals surface area (Å²) in [5.74, 6) is -0.0965. The molecule has 0 spiro atoms. The second kappa shape index (κ2) is 9.33. The van der Waals surface area contributed by atoms with Gasteiger partial charge in [0.2, 0.25) is 5.76 Å². The summed E-state index contributed by atoms with van der Waals surface area (Å²) in [7, 11) is 1.84. The largest absolute Gasteiger partial charge is 0.350 e. The van der Waals surface area contributed by atoms with Crippen molar-refractivity contribution in [3.63, 3.8) is 0 Å². The number of rotatable bonds is 5. The third kappa shape index (κ3) is 5.34. The van der Waals surface area contributed by atoms with E-state index in [2.05, 4.69) is 20.8 Å². The van der Waals surface area contributed by atoms with Gasteiger partial charge in [0.15, 0.2) is 0 Å². The normalized spacial score (nSPS) is 11.0. The average molecular weight is 333 g/mol. The molecule has 0 bridgehead atoms. The van der Waals surface area contributed by atoms with Gasteiger partial charge in [-0.2, -0.15) is 0 Å². The Hall–Kier alpha value is -1.63. The van der Waals surface area contributed by atoms with Gasteiger partial charge in [0, 0.05) is 24.8 Å². The molecule has 2 heterocycles. The number of aromatic nitrogens is 2. The number of pyridine rings is 1. The Balaban J connectivity index is 0.00000200. The molecule has 0 aliphatic heterocycles. The van der Waals surface area contributed by atoms with Gasteiger partial charge in [-0.05, 0) is 26.1 Å². The second-order valence-electron chi connectivity index (χ2n) is 4.19. The molecule has 1 amide bonds. The van der Waals surface area contributed by atoms with Crippen LogP contribution in [0.5, 0.6) is 0 Å². The van der Waals surface area contributed by atoms with Crippen LogP contribution in [0, 0.1) is 0 Å². The van der Waals surface area contributed by atoms with Crippen LogP contribution in [-0.4, -0.2) is 35.7 Å². The number of carbonyl (C=O) groups is 1. The molecule has 2 rings (SSSR count). The summed E-state index contributed by atoms with van der Waals surface area (Å²) in [6.07, 6.45) is 1.67. The van der Waals surface area contributed by atoms with E-state index in [0.29, 0.717) is 17.9 Å². The van der Waals surface area contributed by atoms with Crippen molar-refractivity contribution in [3.05, 3.63) is 36.2 Å². The molecule has 8 heteroatoms. The van der Waals surface area contributed by atoms with E-state index >= 15 is 0 Å². The van der Waals surface area contributed by atoms with Crippen LogP contribution >= 0.6 is 24.8 Å². The number of nitrogens with zero attached hydrogens (tertiary/aromatic N) is 2. The maximum Gasteiger partial charge on any atom is 0.289 e. The summed E-state index contributed by atoms with van der Waals surface area (Å²) in [5.41, 5.74) is 1.22. The monoisotopic (exact) mass is 332 g/mol. The van der Waals surface area contributed by atoms with Crippen molar-refractivity contribution in [1.29, 1.82) is 0 Å². The van der Waals surface area contributed by atoms with Gasteiger partial charge >= 0.3 is 0 Å². The van der Waals surface area contributed by atoms with E-state index in [0.717, 1.165) is 0 Å². The maximum atomic E-state index is 11.8. The summed E-state index contributed by atoms with van der Waals surface area (Å²) in [4.78, 5) is 16.0. The van der Waals surface area contributed by atoms with Crippen molar-refractivity contribution in [1.82, 2.24) is 20.8 Å². The van der Waals surface area contributed by atoms with Gasteiger partial charge in [0.1, 0.15) is 5.69 Å². The SMILES string of the molecule is CNC(C)CNC(=O)c1cc(-c2ccccn2)no1.Cl.Cl. The summed E-state index contributed by atoms with van der Waals surface area (Å²) in [6.45, 7) is 2.49. The molecule has 0 aliphatic rings. The minimum Gasteiger partial charge on any atom is -0.350 e. The van der Waals surface area contributed by atoms with Crippen molar-refractivity contribution in [2.45, 2.75) is 13.0 Å². The van der Waals surface area contributed by atoms with Crippen LogP contribution in [0.4, 0.5) is 0 Å². The molecule has 6 nitrogen and oxygen atoms in total. The number of hydrogen-bond acceptors (Lipinski definition) is 5. The van der Waals surface area contributed by atoms with Crippen LogP contribution in [0.15, 0.2) is 35.0 Å². The van der Waals surface area contributed by atoms with Gasteiger partial charge in [-0.15, -0.1) is 24.8 Å². The molecule has 2 aromatic heterocycles. The van der Waals surface area contributed by atoms with E-state index in [1.54, 1.807) is 12.3 Å². The van der Waals surface area contributed by atoms with E-state index in [-0.39, 0.29) is 42.5 Å². The number of amides is 1. The van der Waals surface area contributed by atoms with Gasteiger partial charge in [0.25, 0.3) is 5.91 Å². The zero-order valence-corrected chi connectivity index (χ0v) is 13.3. The topological polar surface area (TPSA) is 80.0 Å². The molecule has 0 aromatic carbocycles. The molecule has 1 unspecified atom stereocenters. The van der Waals surface area contributed by atoms with E-state index < -0.39 is 0 Å². The predicted molar refractivity (Wildman–Crippen MR) is 85.1 cm³/mol. The first-order valence-corrected chi connectivity index (χ1v) is 6.04. The van der Waals surface area contributed by atoms with Crippen molar-refractivity contribution < 1.29 is 9.32 Å². The molecule has 2 aromatic rings. The Morgan fingerprint density at radius 2 is 2.10 bits per heavy atom. The maximum absolute atomic E-state index is 11.8. The lowest BCUT2D eigenvalue weighted by molar-refractivity contribution is 0.0913. The van der Waals surface area contributed by atoms with E-state index in [4.69, 9.17) is 4.52 Å². The molecule has 21 heavy (non-hydrogen) atoms. The molecule has 116 valence electrons. The quantitative estimate of drug-likeness (QED) is 0.874. The smallest absolute Gasteiger partial charge is 0.289 e. The van der Waals surface area contributed by atoms with Crippen LogP contribution in [0.25, 0.3) is 11.4 Å². The van der Waals surface area contributed by atoms with Crippen molar-refractivity contribution in [2.75, 3.05) is 13.6 Å². The minimum absolute atomic E-state index is 0. The van der Waals surface area contributed by atoms with Gasteiger partial charge in [-0.25, -0.2) is 0 Å². The average Bonchev–Trinajstić information content (AvgIpc) is 2.95. The van der Waals surface area contributed by atoms with E-state index in [9.17, 15) is 4.79 Å². The lowest BCUT2D eigenvalue weighted by Gasteiger charge is -2.09. The number of halogens is 2. The lowest BCUT2D eigenvalue weighted by atomic mass is 10.2. The van der Waals surface area contributed by atoms with Crippen LogP contribution in [0.3, 0.4) is 0 Å². The van der Waals surface area contributed by atoms with Crippen LogP contribution < -0.4 is 10.6 Å². The number of carbonyl (C=O) groups excluding carboxylic acids is 1. The van der Waals surface area contributed by atoms with Gasteiger partial charge < -0.3 is 15.2 Å². The highest BCUT2D eigenvalue weighted by molar-refractivity contribution is 5.92. The molecule has 0 radical (unpaired) electrons. The fourth-order valence-electron chi connectivity index (χ4n) is 1.45. The highest BCUT2D eigenvalue weighted by atomic mass is 35.5. The van der Waals surface area contributed by atoms with Crippen molar-refractivity contribution in [3.8, 4) is 11.4 Å². The zero-order chi connectivity index (χ0) is 13.7. The summed E-state index contributed by atoms with van der Waals surface area (Å²) in [5, 5.41) is 9.63. The van der Waals surface area contributed by atoms with Gasteiger partial charge in [-0.1, -0.05) is 11.2 Å². The third-order valence-electron chi connectivity index (χ3n) is 2.72. The number of likely N-dealkylation sites (N-methyl/N-ethyl adjacent to an activating group) is 1. The first kappa shape index (κ1) is 19.4. The predicted octanol–water partition coefficient (Wildman–Crippen LogP) is 1.92. The standard InChI is InChI=1S/C13H16N4O2.2ClH/c1-9(14-2)8-16-13(18)12-7-11(17-19-12)10-5-3-4-6-15-10;;/h3-7,9,14H,8H2,1-2H3,(H,16,18);2*1H. The van der Waals surface area contributed by atoms with Crippen LogP contribution in [0.2, 0.25) is 0 Å². The highest BCUT2D eigenvalue weighted by Crippen LogP contribution is 2.15. The Labute approximate surface area is 135 Å². The highest BCUT2D eigenvalue weighted by Gasteiger charge is 2.14. The first-order chi connectivity index (χ1) is 9.20. The Bertz CT molecular complexity index is 548. The molecule has 0 saturated carbocycles. The molecule has 0 saturated heterocycles.